The Morgan fingerprint density at radius 1 is 0.323 bits per heavy atom. The van der Waals surface area contributed by atoms with E-state index in [4.69, 9.17) is 4.42 Å². The first-order chi connectivity index (χ1) is 15.4. The average Bonchev–Trinajstić information content (AvgIpc) is 3.33. The number of benzene rings is 5. The van der Waals surface area contributed by atoms with Gasteiger partial charge in [-0.15, -0.1) is 0 Å². The molecule has 6 aromatic rings. The summed E-state index contributed by atoms with van der Waals surface area (Å²) in [5, 5.41) is 4.88. The van der Waals surface area contributed by atoms with E-state index in [1.807, 2.05) is 18.2 Å². The molecular formula is C30H20O. The van der Waals surface area contributed by atoms with E-state index < -0.39 is 0 Å². The van der Waals surface area contributed by atoms with Gasteiger partial charge in [-0.3, -0.25) is 0 Å². The van der Waals surface area contributed by atoms with E-state index in [-0.39, 0.29) is 0 Å². The van der Waals surface area contributed by atoms with E-state index in [2.05, 4.69) is 103 Å². The standard InChI is InChI=1S/C30H20O/c1-3-11-21(12-4-1)27-19-20-28(31-27)30-25-17-9-7-15-23(25)29(22-13-5-2-6-14-22)24-16-8-10-18-26(24)30/h1-20H. The third-order valence-corrected chi connectivity index (χ3v) is 5.90. The Bertz CT molecular complexity index is 1450. The summed E-state index contributed by atoms with van der Waals surface area (Å²) in [6, 6.07) is 42.4. The first-order valence-electron chi connectivity index (χ1n) is 10.5. The first-order valence-corrected chi connectivity index (χ1v) is 10.5. The normalized spacial score (nSPS) is 11.2. The Morgan fingerprint density at radius 3 is 1.29 bits per heavy atom. The van der Waals surface area contributed by atoms with Crippen LogP contribution in [-0.4, -0.2) is 0 Å². The van der Waals surface area contributed by atoms with Crippen molar-refractivity contribution in [1.82, 2.24) is 0 Å². The highest BCUT2D eigenvalue weighted by molar-refractivity contribution is 6.20. The second-order valence-electron chi connectivity index (χ2n) is 7.74. The Labute approximate surface area is 181 Å². The molecule has 0 bridgehead atoms. The van der Waals surface area contributed by atoms with Crippen LogP contribution in [0.5, 0.6) is 0 Å². The molecule has 0 atom stereocenters. The summed E-state index contributed by atoms with van der Waals surface area (Å²) in [5.74, 6) is 1.78. The minimum Gasteiger partial charge on any atom is -0.456 e. The monoisotopic (exact) mass is 396 g/mol. The lowest BCUT2D eigenvalue weighted by atomic mass is 9.88. The molecule has 0 aliphatic heterocycles. The minimum absolute atomic E-state index is 0.885. The van der Waals surface area contributed by atoms with Gasteiger partial charge in [0.25, 0.3) is 0 Å². The number of hydrogen-bond donors (Lipinski definition) is 0. The maximum atomic E-state index is 6.42. The van der Waals surface area contributed by atoms with Gasteiger partial charge in [-0.25, -0.2) is 0 Å². The minimum atomic E-state index is 0.885. The summed E-state index contributed by atoms with van der Waals surface area (Å²) in [7, 11) is 0. The van der Waals surface area contributed by atoms with Crippen LogP contribution in [0.15, 0.2) is 126 Å². The van der Waals surface area contributed by atoms with Crippen LogP contribution < -0.4 is 0 Å². The molecule has 0 N–H and O–H groups in total. The van der Waals surface area contributed by atoms with E-state index in [1.165, 1.54) is 32.7 Å². The predicted molar refractivity (Wildman–Crippen MR) is 130 cm³/mol. The van der Waals surface area contributed by atoms with Crippen molar-refractivity contribution in [2.24, 2.45) is 0 Å². The molecule has 0 radical (unpaired) electrons. The highest BCUT2D eigenvalue weighted by Gasteiger charge is 2.18. The molecule has 0 unspecified atom stereocenters. The molecule has 5 aromatic carbocycles. The summed E-state index contributed by atoms with van der Waals surface area (Å²) in [4.78, 5) is 0. The Hall–Kier alpha value is -4.10. The van der Waals surface area contributed by atoms with Crippen molar-refractivity contribution >= 4 is 21.5 Å². The molecule has 0 aliphatic rings. The van der Waals surface area contributed by atoms with Gasteiger partial charge in [0.15, 0.2) is 0 Å². The number of fused-ring (bicyclic) bond motifs is 2. The van der Waals surface area contributed by atoms with Crippen LogP contribution in [0.1, 0.15) is 0 Å². The van der Waals surface area contributed by atoms with Gasteiger partial charge in [-0.1, -0.05) is 109 Å². The zero-order chi connectivity index (χ0) is 20.6. The van der Waals surface area contributed by atoms with Gasteiger partial charge in [0.2, 0.25) is 0 Å². The van der Waals surface area contributed by atoms with Crippen molar-refractivity contribution in [3.8, 4) is 33.8 Å². The summed E-state index contributed by atoms with van der Waals surface area (Å²) in [6.07, 6.45) is 0. The van der Waals surface area contributed by atoms with Gasteiger partial charge in [0.05, 0.1) is 0 Å². The van der Waals surface area contributed by atoms with Crippen molar-refractivity contribution in [3.05, 3.63) is 121 Å². The van der Waals surface area contributed by atoms with E-state index in [9.17, 15) is 0 Å². The number of furan rings is 1. The van der Waals surface area contributed by atoms with Crippen LogP contribution in [0, 0.1) is 0 Å². The third kappa shape index (κ3) is 2.94. The predicted octanol–water partition coefficient (Wildman–Crippen LogP) is 8.59. The molecule has 1 aromatic heterocycles. The Balaban J connectivity index is 1.69. The van der Waals surface area contributed by atoms with Gasteiger partial charge in [0, 0.05) is 11.1 Å². The van der Waals surface area contributed by atoms with Gasteiger partial charge < -0.3 is 4.42 Å². The molecule has 1 nitrogen and oxygen atoms in total. The molecule has 1 heteroatoms. The molecule has 0 saturated heterocycles. The fraction of sp³-hybridized carbons (Fsp3) is 0. The Morgan fingerprint density at radius 2 is 0.742 bits per heavy atom. The lowest BCUT2D eigenvalue weighted by molar-refractivity contribution is 0.598. The molecular weight excluding hydrogens is 376 g/mol. The summed E-state index contributed by atoms with van der Waals surface area (Å²) in [6.45, 7) is 0. The second kappa shape index (κ2) is 7.30. The number of hydrogen-bond acceptors (Lipinski definition) is 1. The zero-order valence-electron chi connectivity index (χ0n) is 17.0. The quantitative estimate of drug-likeness (QED) is 0.273. The fourth-order valence-corrected chi connectivity index (χ4v) is 4.54. The molecule has 1 heterocycles. The Kier molecular flexibility index (Phi) is 4.18. The maximum absolute atomic E-state index is 6.42. The van der Waals surface area contributed by atoms with Crippen LogP contribution in [0.3, 0.4) is 0 Å². The van der Waals surface area contributed by atoms with Crippen LogP contribution >= 0.6 is 0 Å². The SMILES string of the molecule is c1ccc(-c2ccc(-c3c4ccccc4c(-c4ccccc4)c4ccccc34)o2)cc1. The van der Waals surface area contributed by atoms with Crippen LogP contribution in [0.25, 0.3) is 55.3 Å². The summed E-state index contributed by atoms with van der Waals surface area (Å²) >= 11 is 0. The summed E-state index contributed by atoms with van der Waals surface area (Å²) < 4.78 is 6.42. The first kappa shape index (κ1) is 17.7. The molecule has 0 saturated carbocycles. The maximum Gasteiger partial charge on any atom is 0.136 e. The van der Waals surface area contributed by atoms with Gasteiger partial charge in [-0.2, -0.15) is 0 Å². The van der Waals surface area contributed by atoms with Gasteiger partial charge in [0.1, 0.15) is 11.5 Å². The van der Waals surface area contributed by atoms with Crippen molar-refractivity contribution in [2.45, 2.75) is 0 Å². The topological polar surface area (TPSA) is 13.1 Å². The molecule has 0 fully saturated rings. The molecule has 6 rings (SSSR count). The molecule has 146 valence electrons. The van der Waals surface area contributed by atoms with Gasteiger partial charge >= 0.3 is 0 Å². The van der Waals surface area contributed by atoms with Crippen molar-refractivity contribution in [2.75, 3.05) is 0 Å². The van der Waals surface area contributed by atoms with Crippen LogP contribution in [0.4, 0.5) is 0 Å². The zero-order valence-corrected chi connectivity index (χ0v) is 17.0. The average molecular weight is 396 g/mol. The van der Waals surface area contributed by atoms with Crippen molar-refractivity contribution < 1.29 is 4.42 Å². The highest BCUT2D eigenvalue weighted by atomic mass is 16.3. The van der Waals surface area contributed by atoms with Crippen molar-refractivity contribution in [3.63, 3.8) is 0 Å². The third-order valence-electron chi connectivity index (χ3n) is 5.90. The van der Waals surface area contributed by atoms with E-state index in [0.29, 0.717) is 0 Å². The largest absolute Gasteiger partial charge is 0.456 e. The summed E-state index contributed by atoms with van der Waals surface area (Å²) in [5.41, 5.74) is 4.73. The second-order valence-corrected chi connectivity index (χ2v) is 7.74. The molecule has 31 heavy (non-hydrogen) atoms. The lowest BCUT2D eigenvalue weighted by Crippen LogP contribution is -1.89. The lowest BCUT2D eigenvalue weighted by Gasteiger charge is -2.16. The molecule has 0 aliphatic carbocycles. The smallest absolute Gasteiger partial charge is 0.136 e. The van der Waals surface area contributed by atoms with Crippen LogP contribution in [0.2, 0.25) is 0 Å². The van der Waals surface area contributed by atoms with E-state index in [1.54, 1.807) is 0 Å². The molecule has 0 amide bonds. The molecule has 0 spiro atoms. The van der Waals surface area contributed by atoms with Crippen molar-refractivity contribution in [1.29, 1.82) is 0 Å². The highest BCUT2D eigenvalue weighted by Crippen LogP contribution is 2.44. The van der Waals surface area contributed by atoms with E-state index >= 15 is 0 Å². The van der Waals surface area contributed by atoms with Gasteiger partial charge in [-0.05, 0) is 44.8 Å². The fourth-order valence-electron chi connectivity index (χ4n) is 4.54. The number of rotatable bonds is 3. The van der Waals surface area contributed by atoms with E-state index in [0.717, 1.165) is 22.6 Å². The van der Waals surface area contributed by atoms with Crippen LogP contribution in [-0.2, 0) is 0 Å².